The molecule has 1 aromatic heterocycles. The zero-order valence-electron chi connectivity index (χ0n) is 12.0. The van der Waals surface area contributed by atoms with Crippen molar-refractivity contribution in [1.82, 2.24) is 9.47 Å². The van der Waals surface area contributed by atoms with Gasteiger partial charge in [-0.2, -0.15) is 13.2 Å². The number of amides is 2. The lowest BCUT2D eigenvalue weighted by molar-refractivity contribution is -0.187. The van der Waals surface area contributed by atoms with Gasteiger partial charge in [0.05, 0.1) is 17.4 Å². The fourth-order valence-corrected chi connectivity index (χ4v) is 2.63. The summed E-state index contributed by atoms with van der Waals surface area (Å²) in [5, 5.41) is 8.94. The van der Waals surface area contributed by atoms with Gasteiger partial charge in [-0.05, 0) is 6.07 Å². The van der Waals surface area contributed by atoms with E-state index in [2.05, 4.69) is 0 Å². The van der Waals surface area contributed by atoms with E-state index in [9.17, 15) is 27.6 Å². The smallest absolute Gasteiger partial charge is 0.394 e. The molecule has 1 aromatic rings. The third-order valence-corrected chi connectivity index (χ3v) is 3.85. The molecule has 1 fully saturated rings. The van der Waals surface area contributed by atoms with Gasteiger partial charge in [0.15, 0.2) is 0 Å². The number of rotatable bonds is 3. The van der Waals surface area contributed by atoms with Crippen molar-refractivity contribution in [2.45, 2.75) is 6.18 Å². The molecule has 3 N–H and O–H groups in total. The van der Waals surface area contributed by atoms with Crippen molar-refractivity contribution < 1.29 is 32.7 Å². The second kappa shape index (κ2) is 5.60. The summed E-state index contributed by atoms with van der Waals surface area (Å²) in [5.41, 5.74) is 5.09. The van der Waals surface area contributed by atoms with E-state index in [0.717, 1.165) is 4.90 Å². The van der Waals surface area contributed by atoms with Crippen LogP contribution in [0.5, 0.6) is 0 Å². The van der Waals surface area contributed by atoms with Gasteiger partial charge in [0.25, 0.3) is 5.91 Å². The molecular weight excluding hydrogens is 319 g/mol. The van der Waals surface area contributed by atoms with Crippen LogP contribution >= 0.6 is 0 Å². The van der Waals surface area contributed by atoms with E-state index >= 15 is 0 Å². The van der Waals surface area contributed by atoms with Crippen molar-refractivity contribution in [3.05, 3.63) is 23.5 Å². The average Bonchev–Trinajstić information content (AvgIpc) is 3.01. The quantitative estimate of drug-likeness (QED) is 0.838. The van der Waals surface area contributed by atoms with Crippen LogP contribution in [0, 0.1) is 11.8 Å². The molecule has 0 aliphatic carbocycles. The van der Waals surface area contributed by atoms with Crippen LogP contribution in [0.4, 0.5) is 13.2 Å². The van der Waals surface area contributed by atoms with E-state index < -0.39 is 48.9 Å². The summed E-state index contributed by atoms with van der Waals surface area (Å²) < 4.78 is 40.1. The Morgan fingerprint density at radius 1 is 1.30 bits per heavy atom. The van der Waals surface area contributed by atoms with Crippen molar-refractivity contribution in [2.75, 3.05) is 13.1 Å². The number of halogens is 3. The summed E-state index contributed by atoms with van der Waals surface area (Å²) in [6.07, 6.45) is -3.44. The number of aromatic nitrogens is 1. The topological polar surface area (TPSA) is 106 Å². The molecule has 2 heterocycles. The van der Waals surface area contributed by atoms with E-state index in [1.807, 2.05) is 0 Å². The highest BCUT2D eigenvalue weighted by molar-refractivity contribution is 5.99. The number of primary amides is 1. The number of nitrogens with two attached hydrogens (primary N) is 1. The van der Waals surface area contributed by atoms with Gasteiger partial charge < -0.3 is 20.3 Å². The molecule has 0 aromatic carbocycles. The van der Waals surface area contributed by atoms with Crippen LogP contribution in [0.3, 0.4) is 0 Å². The van der Waals surface area contributed by atoms with Gasteiger partial charge in [0.1, 0.15) is 5.69 Å². The number of likely N-dealkylation sites (tertiary alicyclic amines) is 1. The molecule has 23 heavy (non-hydrogen) atoms. The standard InChI is InChI=1S/C13H14F3N3O4/c1-18-3-6(10(17)20)2-9(18)11(21)19-4-7(12(22)23)8(5-19)13(14,15)16/h2-3,7-8H,4-5H2,1H3,(H2,17,20)(H,22,23)/t7-,8-/m1/s1. The normalized spacial score (nSPS) is 21.5. The summed E-state index contributed by atoms with van der Waals surface area (Å²) in [6, 6.07) is 1.17. The number of hydrogen-bond donors (Lipinski definition) is 2. The third kappa shape index (κ3) is 3.15. The molecule has 0 spiro atoms. The molecule has 2 atom stereocenters. The number of aryl methyl sites for hydroxylation is 1. The SMILES string of the molecule is Cn1cc(C(N)=O)cc1C(=O)N1C[C@@H](C(F)(F)F)[C@H](C(=O)O)C1. The molecule has 0 saturated carbocycles. The first kappa shape index (κ1) is 16.8. The van der Waals surface area contributed by atoms with Crippen LogP contribution in [0.25, 0.3) is 0 Å². The molecule has 2 amide bonds. The van der Waals surface area contributed by atoms with Crippen molar-refractivity contribution in [2.24, 2.45) is 24.6 Å². The first-order valence-corrected chi connectivity index (χ1v) is 6.57. The summed E-state index contributed by atoms with van der Waals surface area (Å²) in [4.78, 5) is 35.3. The maximum Gasteiger partial charge on any atom is 0.394 e. The average molecular weight is 333 g/mol. The fraction of sp³-hybridized carbons (Fsp3) is 0.462. The molecular formula is C13H14F3N3O4. The van der Waals surface area contributed by atoms with Gasteiger partial charge in [-0.1, -0.05) is 0 Å². The highest BCUT2D eigenvalue weighted by atomic mass is 19.4. The number of alkyl halides is 3. The number of carbonyl (C=O) groups is 3. The Hall–Kier alpha value is -2.52. The van der Waals surface area contributed by atoms with Crippen LogP contribution in [0.1, 0.15) is 20.8 Å². The minimum Gasteiger partial charge on any atom is -0.481 e. The maximum atomic E-state index is 12.9. The molecule has 7 nitrogen and oxygen atoms in total. The Labute approximate surface area is 128 Å². The number of aliphatic carboxylic acids is 1. The monoisotopic (exact) mass is 333 g/mol. The fourth-order valence-electron chi connectivity index (χ4n) is 2.63. The largest absolute Gasteiger partial charge is 0.481 e. The Morgan fingerprint density at radius 3 is 2.30 bits per heavy atom. The van der Waals surface area contributed by atoms with Gasteiger partial charge in [-0.25, -0.2) is 0 Å². The lowest BCUT2D eigenvalue weighted by Crippen LogP contribution is -2.34. The Morgan fingerprint density at radius 2 is 1.91 bits per heavy atom. The Balaban J connectivity index is 2.27. The van der Waals surface area contributed by atoms with Crippen LogP contribution in [-0.4, -0.2) is 51.6 Å². The molecule has 10 heteroatoms. The van der Waals surface area contributed by atoms with Crippen molar-refractivity contribution in [3.63, 3.8) is 0 Å². The molecule has 0 unspecified atom stereocenters. The number of nitrogens with zero attached hydrogens (tertiary/aromatic N) is 2. The predicted molar refractivity (Wildman–Crippen MR) is 70.5 cm³/mol. The highest BCUT2D eigenvalue weighted by Gasteiger charge is 2.53. The molecule has 0 bridgehead atoms. The summed E-state index contributed by atoms with van der Waals surface area (Å²) in [7, 11) is 1.44. The minimum absolute atomic E-state index is 0.0363. The van der Waals surface area contributed by atoms with Crippen LogP contribution in [0.15, 0.2) is 12.3 Å². The predicted octanol–water partition coefficient (Wildman–Crippen LogP) is 0.459. The van der Waals surface area contributed by atoms with Crippen molar-refractivity contribution in [1.29, 1.82) is 0 Å². The maximum absolute atomic E-state index is 12.9. The summed E-state index contributed by atoms with van der Waals surface area (Å²) in [5.74, 6) is -7.00. The van der Waals surface area contributed by atoms with Gasteiger partial charge in [0.2, 0.25) is 5.91 Å². The lowest BCUT2D eigenvalue weighted by Gasteiger charge is -2.18. The van der Waals surface area contributed by atoms with Gasteiger partial charge >= 0.3 is 12.1 Å². The lowest BCUT2D eigenvalue weighted by atomic mass is 9.96. The molecule has 2 rings (SSSR count). The third-order valence-electron chi connectivity index (χ3n) is 3.85. The first-order valence-electron chi connectivity index (χ1n) is 6.57. The molecule has 0 radical (unpaired) electrons. The molecule has 1 aliphatic heterocycles. The number of carboxylic acid groups (broad SMARTS) is 1. The van der Waals surface area contributed by atoms with Gasteiger partial charge in [0, 0.05) is 26.3 Å². The van der Waals surface area contributed by atoms with E-state index in [1.54, 1.807) is 0 Å². The molecule has 1 aliphatic rings. The van der Waals surface area contributed by atoms with Crippen molar-refractivity contribution in [3.8, 4) is 0 Å². The van der Waals surface area contributed by atoms with Crippen molar-refractivity contribution >= 4 is 17.8 Å². The van der Waals surface area contributed by atoms with Crippen LogP contribution in [0.2, 0.25) is 0 Å². The highest BCUT2D eigenvalue weighted by Crippen LogP contribution is 2.38. The zero-order chi connectivity index (χ0) is 17.5. The number of carbonyl (C=O) groups excluding carboxylic acids is 2. The number of carboxylic acids is 1. The van der Waals surface area contributed by atoms with Crippen LogP contribution in [-0.2, 0) is 11.8 Å². The Bertz CT molecular complexity index is 668. The van der Waals surface area contributed by atoms with E-state index in [1.165, 1.54) is 23.9 Å². The van der Waals surface area contributed by atoms with Crippen LogP contribution < -0.4 is 5.73 Å². The molecule has 126 valence electrons. The Kier molecular flexibility index (Phi) is 4.10. The van der Waals surface area contributed by atoms with E-state index in [0.29, 0.717) is 0 Å². The van der Waals surface area contributed by atoms with Gasteiger partial charge in [-0.3, -0.25) is 14.4 Å². The summed E-state index contributed by atoms with van der Waals surface area (Å²) in [6.45, 7) is -1.29. The van der Waals surface area contributed by atoms with Gasteiger partial charge in [-0.15, -0.1) is 0 Å². The second-order valence-corrected chi connectivity index (χ2v) is 5.39. The second-order valence-electron chi connectivity index (χ2n) is 5.39. The summed E-state index contributed by atoms with van der Waals surface area (Å²) >= 11 is 0. The van der Waals surface area contributed by atoms with E-state index in [4.69, 9.17) is 10.8 Å². The van der Waals surface area contributed by atoms with E-state index in [-0.39, 0.29) is 11.3 Å². The minimum atomic E-state index is -4.72. The zero-order valence-corrected chi connectivity index (χ0v) is 12.0. The number of hydrogen-bond acceptors (Lipinski definition) is 3. The molecule has 1 saturated heterocycles. The first-order chi connectivity index (χ1) is 10.5.